The average Bonchev–Trinajstić information content (AvgIpc) is 3.32. The van der Waals surface area contributed by atoms with E-state index >= 15 is 0 Å². The van der Waals surface area contributed by atoms with Crippen LogP contribution in [0.3, 0.4) is 0 Å². The van der Waals surface area contributed by atoms with Crippen LogP contribution in [0.25, 0.3) is 10.4 Å². The summed E-state index contributed by atoms with van der Waals surface area (Å²) < 4.78 is 13.4. The number of likely N-dealkylation sites (tertiary alicyclic amines) is 1. The van der Waals surface area contributed by atoms with Crippen molar-refractivity contribution >= 4 is 17.2 Å². The summed E-state index contributed by atoms with van der Waals surface area (Å²) in [5.74, 6) is 0.202. The summed E-state index contributed by atoms with van der Waals surface area (Å²) in [7, 11) is 0. The molecule has 0 spiro atoms. The van der Waals surface area contributed by atoms with E-state index in [1.165, 1.54) is 6.07 Å². The number of carbonyl (C=O) groups is 1. The minimum absolute atomic E-state index is 0.0729. The molecule has 3 aromatic rings. The van der Waals surface area contributed by atoms with Crippen LogP contribution in [-0.2, 0) is 0 Å². The van der Waals surface area contributed by atoms with Crippen molar-refractivity contribution in [3.05, 3.63) is 65.0 Å². The first kappa shape index (κ1) is 16.0. The van der Waals surface area contributed by atoms with Gasteiger partial charge in [-0.2, -0.15) is 5.10 Å². The van der Waals surface area contributed by atoms with Crippen LogP contribution in [0.2, 0.25) is 0 Å². The molecule has 1 aliphatic heterocycles. The van der Waals surface area contributed by atoms with Crippen molar-refractivity contribution in [2.24, 2.45) is 0 Å². The third-order valence-electron chi connectivity index (χ3n) is 4.73. The van der Waals surface area contributed by atoms with Gasteiger partial charge in [0.2, 0.25) is 0 Å². The van der Waals surface area contributed by atoms with Crippen LogP contribution in [-0.4, -0.2) is 34.1 Å². The third-order valence-corrected chi connectivity index (χ3v) is 5.71. The molecule has 0 atom stereocenters. The van der Waals surface area contributed by atoms with Gasteiger partial charge in [0.15, 0.2) is 0 Å². The second-order valence-electron chi connectivity index (χ2n) is 6.31. The van der Waals surface area contributed by atoms with Crippen LogP contribution in [0.5, 0.6) is 0 Å². The molecule has 1 amide bonds. The number of halogens is 1. The van der Waals surface area contributed by atoms with Crippen LogP contribution in [0.1, 0.15) is 34.7 Å². The number of amides is 1. The molecule has 0 bridgehead atoms. The van der Waals surface area contributed by atoms with Crippen molar-refractivity contribution in [2.45, 2.75) is 18.8 Å². The van der Waals surface area contributed by atoms with Crippen molar-refractivity contribution < 1.29 is 9.18 Å². The molecule has 3 heterocycles. The minimum atomic E-state index is -0.193. The SMILES string of the molecule is O=C(c1csc(-c2cn[nH]c2)c1)N1CCC(c2cccc(F)c2)CC1. The monoisotopic (exact) mass is 355 g/mol. The number of hydrogen-bond donors (Lipinski definition) is 1. The Hall–Kier alpha value is -2.47. The first-order valence-corrected chi connectivity index (χ1v) is 9.21. The molecule has 4 nitrogen and oxygen atoms in total. The number of hydrogen-bond acceptors (Lipinski definition) is 3. The number of thiophene rings is 1. The molecule has 25 heavy (non-hydrogen) atoms. The zero-order valence-electron chi connectivity index (χ0n) is 13.6. The van der Waals surface area contributed by atoms with Gasteiger partial charge in [0, 0.05) is 35.1 Å². The molecule has 1 aromatic carbocycles. The second kappa shape index (κ2) is 6.80. The van der Waals surface area contributed by atoms with E-state index in [1.54, 1.807) is 29.7 Å². The lowest BCUT2D eigenvalue weighted by atomic mass is 9.89. The lowest BCUT2D eigenvalue weighted by molar-refractivity contribution is 0.0713. The maximum atomic E-state index is 13.4. The van der Waals surface area contributed by atoms with E-state index in [-0.39, 0.29) is 11.7 Å². The molecular formula is C19H18FN3OS. The van der Waals surface area contributed by atoms with E-state index in [9.17, 15) is 9.18 Å². The van der Waals surface area contributed by atoms with E-state index in [4.69, 9.17) is 0 Å². The van der Waals surface area contributed by atoms with Gasteiger partial charge in [-0.05, 0) is 42.5 Å². The predicted octanol–water partition coefficient (Wildman–Crippen LogP) is 4.30. The first-order valence-electron chi connectivity index (χ1n) is 8.33. The molecule has 2 aromatic heterocycles. The molecule has 6 heteroatoms. The van der Waals surface area contributed by atoms with Gasteiger partial charge in [0.25, 0.3) is 5.91 Å². The number of piperidine rings is 1. The quantitative estimate of drug-likeness (QED) is 0.762. The van der Waals surface area contributed by atoms with Gasteiger partial charge in [-0.1, -0.05) is 12.1 Å². The van der Waals surface area contributed by atoms with Gasteiger partial charge in [-0.3, -0.25) is 9.89 Å². The molecule has 1 N–H and O–H groups in total. The van der Waals surface area contributed by atoms with Crippen LogP contribution < -0.4 is 0 Å². The molecule has 1 saturated heterocycles. The van der Waals surface area contributed by atoms with Crippen LogP contribution in [0, 0.1) is 5.82 Å². The summed E-state index contributed by atoms with van der Waals surface area (Å²) in [4.78, 5) is 15.7. The minimum Gasteiger partial charge on any atom is -0.339 e. The first-order chi connectivity index (χ1) is 12.2. The maximum absolute atomic E-state index is 13.4. The Kier molecular flexibility index (Phi) is 4.36. The highest BCUT2D eigenvalue weighted by atomic mass is 32.1. The highest BCUT2D eigenvalue weighted by Gasteiger charge is 2.25. The molecule has 0 aliphatic carbocycles. The second-order valence-corrected chi connectivity index (χ2v) is 7.22. The third kappa shape index (κ3) is 3.35. The summed E-state index contributed by atoms with van der Waals surface area (Å²) >= 11 is 1.55. The van der Waals surface area contributed by atoms with E-state index in [1.807, 2.05) is 28.6 Å². The summed E-state index contributed by atoms with van der Waals surface area (Å²) in [5.41, 5.74) is 2.75. The molecular weight excluding hydrogens is 337 g/mol. The van der Waals surface area contributed by atoms with E-state index in [0.29, 0.717) is 19.0 Å². The zero-order valence-corrected chi connectivity index (χ0v) is 14.4. The summed E-state index contributed by atoms with van der Waals surface area (Å²) in [6, 6.07) is 8.73. The zero-order chi connectivity index (χ0) is 17.2. The molecule has 128 valence electrons. The molecule has 4 rings (SSSR count). The highest BCUT2D eigenvalue weighted by molar-refractivity contribution is 7.13. The van der Waals surface area contributed by atoms with E-state index in [0.717, 1.165) is 34.4 Å². The maximum Gasteiger partial charge on any atom is 0.254 e. The number of nitrogens with one attached hydrogen (secondary N) is 1. The number of H-pyrrole nitrogens is 1. The Bertz CT molecular complexity index is 866. The fourth-order valence-electron chi connectivity index (χ4n) is 3.34. The van der Waals surface area contributed by atoms with Crippen molar-refractivity contribution in [1.82, 2.24) is 15.1 Å². The fourth-order valence-corrected chi connectivity index (χ4v) is 4.21. The summed E-state index contributed by atoms with van der Waals surface area (Å²) in [5, 5.41) is 8.64. The predicted molar refractivity (Wildman–Crippen MR) is 96.2 cm³/mol. The number of carbonyl (C=O) groups excluding carboxylic acids is 1. The van der Waals surface area contributed by atoms with Crippen molar-refractivity contribution in [2.75, 3.05) is 13.1 Å². The number of aromatic amines is 1. The molecule has 0 radical (unpaired) electrons. The number of rotatable bonds is 3. The standard InChI is InChI=1S/C19H18FN3OS/c20-17-3-1-2-14(8-17)13-4-6-23(7-5-13)19(24)15-9-18(25-12-15)16-10-21-22-11-16/h1-3,8-13H,4-7H2,(H,21,22). The van der Waals surface area contributed by atoms with Crippen molar-refractivity contribution in [3.8, 4) is 10.4 Å². The molecule has 0 unspecified atom stereocenters. The molecule has 0 saturated carbocycles. The van der Waals surface area contributed by atoms with Crippen LogP contribution in [0.15, 0.2) is 48.1 Å². The number of aromatic nitrogens is 2. The number of nitrogens with zero attached hydrogens (tertiary/aromatic N) is 2. The van der Waals surface area contributed by atoms with Gasteiger partial charge < -0.3 is 4.90 Å². The number of benzene rings is 1. The van der Waals surface area contributed by atoms with Gasteiger partial charge in [0.05, 0.1) is 11.8 Å². The molecule has 1 aliphatic rings. The summed E-state index contributed by atoms with van der Waals surface area (Å²) in [6.07, 6.45) is 5.32. The fraction of sp³-hybridized carbons (Fsp3) is 0.263. The van der Waals surface area contributed by atoms with E-state index in [2.05, 4.69) is 10.2 Å². The smallest absolute Gasteiger partial charge is 0.254 e. The van der Waals surface area contributed by atoms with Gasteiger partial charge in [-0.25, -0.2) is 4.39 Å². The lowest BCUT2D eigenvalue weighted by Crippen LogP contribution is -2.37. The van der Waals surface area contributed by atoms with Crippen LogP contribution >= 0.6 is 11.3 Å². The van der Waals surface area contributed by atoms with E-state index < -0.39 is 0 Å². The van der Waals surface area contributed by atoms with Gasteiger partial charge >= 0.3 is 0 Å². The Morgan fingerprint density at radius 1 is 1.28 bits per heavy atom. The lowest BCUT2D eigenvalue weighted by Gasteiger charge is -2.32. The Morgan fingerprint density at radius 2 is 2.12 bits per heavy atom. The van der Waals surface area contributed by atoms with Crippen molar-refractivity contribution in [3.63, 3.8) is 0 Å². The Balaban J connectivity index is 1.41. The highest BCUT2D eigenvalue weighted by Crippen LogP contribution is 2.31. The van der Waals surface area contributed by atoms with Gasteiger partial charge in [0.1, 0.15) is 5.82 Å². The largest absolute Gasteiger partial charge is 0.339 e. The topological polar surface area (TPSA) is 49.0 Å². The van der Waals surface area contributed by atoms with Crippen molar-refractivity contribution in [1.29, 1.82) is 0 Å². The Labute approximate surface area is 149 Å². The van der Waals surface area contributed by atoms with Gasteiger partial charge in [-0.15, -0.1) is 11.3 Å². The normalized spacial score (nSPS) is 15.5. The van der Waals surface area contributed by atoms with Crippen LogP contribution in [0.4, 0.5) is 4.39 Å². The Morgan fingerprint density at radius 3 is 2.84 bits per heavy atom. The summed E-state index contributed by atoms with van der Waals surface area (Å²) in [6.45, 7) is 1.41. The molecule has 1 fully saturated rings. The average molecular weight is 355 g/mol.